The molecule has 1 aromatic heterocycles. The van der Waals surface area contributed by atoms with Gasteiger partial charge in [-0.25, -0.2) is 9.78 Å². The zero-order valence-electron chi connectivity index (χ0n) is 11.5. The Hall–Kier alpha value is -1.95. The Kier molecular flexibility index (Phi) is 4.26. The fourth-order valence-electron chi connectivity index (χ4n) is 1.46. The number of likely N-dealkylation sites (N-methyl/N-ethyl adjacent to an activating group) is 1. The number of hydrogen-bond acceptors (Lipinski definition) is 4. The molecular formula is C13H18N2O4. The molecule has 0 aliphatic heterocycles. The number of carboxylic acid groups (broad SMARTS) is 1. The largest absolute Gasteiger partial charge is 0.478 e. The van der Waals surface area contributed by atoms with Crippen LogP contribution in [0.25, 0.3) is 0 Å². The molecule has 6 heteroatoms. The quantitative estimate of drug-likeness (QED) is 0.846. The highest BCUT2D eigenvalue weighted by Gasteiger charge is 2.28. The van der Waals surface area contributed by atoms with Crippen molar-refractivity contribution in [1.29, 1.82) is 0 Å². The molecule has 1 rings (SSSR count). The number of carbonyl (C=O) groups excluding carboxylic acids is 1. The molecule has 1 heterocycles. The molecule has 0 saturated carbocycles. The summed E-state index contributed by atoms with van der Waals surface area (Å²) in [6.45, 7) is 4.81. The summed E-state index contributed by atoms with van der Waals surface area (Å²) in [5.41, 5.74) is -0.196. The SMILES string of the molecule is Cc1nc(C(=O)N(C)C(C)(C)CO)ccc1C(=O)O. The topological polar surface area (TPSA) is 90.7 Å². The van der Waals surface area contributed by atoms with Crippen molar-refractivity contribution in [3.63, 3.8) is 0 Å². The predicted molar refractivity (Wildman–Crippen MR) is 69.2 cm³/mol. The van der Waals surface area contributed by atoms with Crippen molar-refractivity contribution < 1.29 is 19.8 Å². The normalized spacial score (nSPS) is 11.2. The number of aromatic nitrogens is 1. The predicted octanol–water partition coefficient (Wildman–Crippen LogP) is 0.931. The van der Waals surface area contributed by atoms with Gasteiger partial charge in [0.1, 0.15) is 5.69 Å². The average Bonchev–Trinajstić information content (AvgIpc) is 2.36. The molecule has 0 bridgehead atoms. The summed E-state index contributed by atoms with van der Waals surface area (Å²) in [6.07, 6.45) is 0. The van der Waals surface area contributed by atoms with Crippen molar-refractivity contribution in [3.05, 3.63) is 29.1 Å². The number of rotatable bonds is 4. The van der Waals surface area contributed by atoms with Crippen LogP contribution in [0.15, 0.2) is 12.1 Å². The number of nitrogens with zero attached hydrogens (tertiary/aromatic N) is 2. The highest BCUT2D eigenvalue weighted by molar-refractivity contribution is 5.94. The van der Waals surface area contributed by atoms with E-state index < -0.39 is 11.5 Å². The number of carboxylic acids is 1. The molecule has 0 spiro atoms. The van der Waals surface area contributed by atoms with Crippen LogP contribution in [0.2, 0.25) is 0 Å². The van der Waals surface area contributed by atoms with E-state index in [4.69, 9.17) is 5.11 Å². The number of pyridine rings is 1. The Labute approximate surface area is 111 Å². The lowest BCUT2D eigenvalue weighted by atomic mass is 10.0. The Morgan fingerprint density at radius 2 is 1.95 bits per heavy atom. The third-order valence-electron chi connectivity index (χ3n) is 3.13. The Morgan fingerprint density at radius 3 is 2.37 bits per heavy atom. The number of aryl methyl sites for hydroxylation is 1. The first-order valence-corrected chi connectivity index (χ1v) is 5.80. The van der Waals surface area contributed by atoms with E-state index in [1.807, 2.05) is 0 Å². The summed E-state index contributed by atoms with van der Waals surface area (Å²) >= 11 is 0. The van der Waals surface area contributed by atoms with Gasteiger partial charge in [-0.3, -0.25) is 4.79 Å². The first-order valence-electron chi connectivity index (χ1n) is 5.80. The second-order valence-corrected chi connectivity index (χ2v) is 4.97. The summed E-state index contributed by atoms with van der Waals surface area (Å²) in [7, 11) is 1.57. The molecule has 0 aliphatic rings. The Morgan fingerprint density at radius 1 is 1.37 bits per heavy atom. The van der Waals surface area contributed by atoms with Gasteiger partial charge in [0.15, 0.2) is 0 Å². The second-order valence-electron chi connectivity index (χ2n) is 4.97. The van der Waals surface area contributed by atoms with E-state index >= 15 is 0 Å². The van der Waals surface area contributed by atoms with E-state index in [9.17, 15) is 14.7 Å². The summed E-state index contributed by atoms with van der Waals surface area (Å²) in [5, 5.41) is 18.1. The minimum atomic E-state index is -1.08. The molecule has 0 radical (unpaired) electrons. The van der Waals surface area contributed by atoms with Crippen molar-refractivity contribution in [1.82, 2.24) is 9.88 Å². The van der Waals surface area contributed by atoms with Gasteiger partial charge in [0.2, 0.25) is 0 Å². The summed E-state index contributed by atoms with van der Waals surface area (Å²) < 4.78 is 0. The van der Waals surface area contributed by atoms with Crippen molar-refractivity contribution in [2.75, 3.05) is 13.7 Å². The molecule has 104 valence electrons. The van der Waals surface area contributed by atoms with E-state index in [1.165, 1.54) is 24.0 Å². The summed E-state index contributed by atoms with van der Waals surface area (Å²) in [6, 6.07) is 2.74. The number of aromatic carboxylic acids is 1. The maximum Gasteiger partial charge on any atom is 0.337 e. The number of aliphatic hydroxyl groups is 1. The zero-order valence-corrected chi connectivity index (χ0v) is 11.5. The van der Waals surface area contributed by atoms with Gasteiger partial charge in [0.05, 0.1) is 23.4 Å². The van der Waals surface area contributed by atoms with E-state index in [2.05, 4.69) is 4.98 Å². The molecule has 19 heavy (non-hydrogen) atoms. The third kappa shape index (κ3) is 3.08. The molecule has 0 unspecified atom stereocenters. The number of amides is 1. The van der Waals surface area contributed by atoms with Crippen LogP contribution >= 0.6 is 0 Å². The standard InChI is InChI=1S/C13H18N2O4/c1-8-9(12(18)19)5-6-10(14-8)11(17)15(4)13(2,3)7-16/h5-6,16H,7H2,1-4H3,(H,18,19). The van der Waals surface area contributed by atoms with Gasteiger partial charge < -0.3 is 15.1 Å². The van der Waals surface area contributed by atoms with Crippen LogP contribution in [0.5, 0.6) is 0 Å². The Bertz CT molecular complexity index is 511. The van der Waals surface area contributed by atoms with Crippen molar-refractivity contribution in [2.24, 2.45) is 0 Å². The van der Waals surface area contributed by atoms with Crippen LogP contribution in [0.4, 0.5) is 0 Å². The molecule has 1 aromatic rings. The molecule has 1 amide bonds. The lowest BCUT2D eigenvalue weighted by Gasteiger charge is -2.33. The molecule has 0 atom stereocenters. The van der Waals surface area contributed by atoms with E-state index in [-0.39, 0.29) is 29.5 Å². The number of aliphatic hydroxyl groups excluding tert-OH is 1. The van der Waals surface area contributed by atoms with Gasteiger partial charge in [0, 0.05) is 7.05 Å². The van der Waals surface area contributed by atoms with Crippen molar-refractivity contribution in [3.8, 4) is 0 Å². The maximum absolute atomic E-state index is 12.2. The van der Waals surface area contributed by atoms with E-state index in [1.54, 1.807) is 20.9 Å². The maximum atomic E-state index is 12.2. The fourth-order valence-corrected chi connectivity index (χ4v) is 1.46. The van der Waals surface area contributed by atoms with Crippen LogP contribution in [0.3, 0.4) is 0 Å². The highest BCUT2D eigenvalue weighted by atomic mass is 16.4. The van der Waals surface area contributed by atoms with Crippen LogP contribution in [0, 0.1) is 6.92 Å². The lowest BCUT2D eigenvalue weighted by Crippen LogP contribution is -2.47. The third-order valence-corrected chi connectivity index (χ3v) is 3.13. The summed E-state index contributed by atoms with van der Waals surface area (Å²) in [5.74, 6) is -1.44. The molecule has 0 fully saturated rings. The van der Waals surface area contributed by atoms with Gasteiger partial charge in [-0.2, -0.15) is 0 Å². The Balaban J connectivity index is 3.08. The lowest BCUT2D eigenvalue weighted by molar-refractivity contribution is 0.0466. The van der Waals surface area contributed by atoms with Gasteiger partial charge >= 0.3 is 5.97 Å². The first-order chi connectivity index (χ1) is 8.70. The van der Waals surface area contributed by atoms with Gasteiger partial charge in [-0.15, -0.1) is 0 Å². The molecule has 0 saturated heterocycles. The van der Waals surface area contributed by atoms with Gasteiger partial charge in [-0.1, -0.05) is 0 Å². The number of hydrogen-bond donors (Lipinski definition) is 2. The van der Waals surface area contributed by atoms with Gasteiger partial charge in [0.25, 0.3) is 5.91 Å². The minimum Gasteiger partial charge on any atom is -0.478 e. The monoisotopic (exact) mass is 266 g/mol. The second kappa shape index (κ2) is 5.36. The fraction of sp³-hybridized carbons (Fsp3) is 0.462. The molecule has 6 nitrogen and oxygen atoms in total. The van der Waals surface area contributed by atoms with Crippen LogP contribution in [-0.2, 0) is 0 Å². The minimum absolute atomic E-state index is 0.0700. The molecule has 2 N–H and O–H groups in total. The van der Waals surface area contributed by atoms with Crippen molar-refractivity contribution in [2.45, 2.75) is 26.3 Å². The van der Waals surface area contributed by atoms with Crippen LogP contribution in [-0.4, -0.2) is 51.2 Å². The van der Waals surface area contributed by atoms with Gasteiger partial charge in [-0.05, 0) is 32.9 Å². The van der Waals surface area contributed by atoms with E-state index in [0.29, 0.717) is 0 Å². The highest BCUT2D eigenvalue weighted by Crippen LogP contribution is 2.15. The summed E-state index contributed by atoms with van der Waals surface area (Å²) in [4.78, 5) is 28.5. The van der Waals surface area contributed by atoms with E-state index in [0.717, 1.165) is 0 Å². The number of carbonyl (C=O) groups is 2. The molecule has 0 aromatic carbocycles. The average molecular weight is 266 g/mol. The van der Waals surface area contributed by atoms with Crippen molar-refractivity contribution >= 4 is 11.9 Å². The molecular weight excluding hydrogens is 248 g/mol. The van der Waals surface area contributed by atoms with Crippen LogP contribution < -0.4 is 0 Å². The van der Waals surface area contributed by atoms with Crippen LogP contribution in [0.1, 0.15) is 40.4 Å². The smallest absolute Gasteiger partial charge is 0.337 e. The zero-order chi connectivity index (χ0) is 14.8. The first kappa shape index (κ1) is 15.1. The molecule has 0 aliphatic carbocycles.